The molecule has 0 aromatic carbocycles. The van der Waals surface area contributed by atoms with E-state index in [1.54, 1.807) is 12.1 Å². The van der Waals surface area contributed by atoms with E-state index < -0.39 is 23.3 Å². The lowest BCUT2D eigenvalue weighted by molar-refractivity contribution is -0.143. The van der Waals surface area contributed by atoms with Crippen molar-refractivity contribution in [3.63, 3.8) is 0 Å². The van der Waals surface area contributed by atoms with Crippen molar-refractivity contribution in [1.29, 1.82) is 0 Å². The number of pyridine rings is 1. The van der Waals surface area contributed by atoms with E-state index in [2.05, 4.69) is 10.1 Å². The summed E-state index contributed by atoms with van der Waals surface area (Å²) in [5.41, 5.74) is -1.58. The van der Waals surface area contributed by atoms with E-state index in [4.69, 9.17) is 0 Å². The predicted octanol–water partition coefficient (Wildman–Crippen LogP) is 3.16. The van der Waals surface area contributed by atoms with Crippen LogP contribution in [0.4, 0.5) is 13.2 Å². The molecule has 1 amide bonds. The van der Waals surface area contributed by atoms with Gasteiger partial charge in [-0.25, -0.2) is 9.67 Å². The summed E-state index contributed by atoms with van der Waals surface area (Å²) in [6.07, 6.45) is -0.839. The van der Waals surface area contributed by atoms with Crippen LogP contribution in [0.3, 0.4) is 0 Å². The second kappa shape index (κ2) is 6.80. The summed E-state index contributed by atoms with van der Waals surface area (Å²) < 4.78 is 41.0. The van der Waals surface area contributed by atoms with Gasteiger partial charge in [0.25, 0.3) is 5.91 Å². The molecular weight excluding hydrogens is 309 g/mol. The third-order valence-electron chi connectivity index (χ3n) is 3.33. The van der Waals surface area contributed by atoms with Crippen LogP contribution in [0, 0.1) is 0 Å². The highest BCUT2D eigenvalue weighted by molar-refractivity contribution is 5.95. The highest BCUT2D eigenvalue weighted by Crippen LogP contribution is 2.33. The number of alkyl halides is 3. The van der Waals surface area contributed by atoms with Gasteiger partial charge in [0.2, 0.25) is 0 Å². The van der Waals surface area contributed by atoms with Gasteiger partial charge in [-0.3, -0.25) is 4.79 Å². The van der Waals surface area contributed by atoms with Crippen molar-refractivity contribution in [2.24, 2.45) is 0 Å². The number of halogens is 3. The van der Waals surface area contributed by atoms with Gasteiger partial charge in [0.15, 0.2) is 11.5 Å². The molecule has 0 N–H and O–H groups in total. The lowest BCUT2D eigenvalue weighted by atomic mass is 10.2. The van der Waals surface area contributed by atoms with Gasteiger partial charge in [-0.2, -0.15) is 18.3 Å². The normalized spacial score (nSPS) is 11.5. The van der Waals surface area contributed by atoms with E-state index in [9.17, 15) is 18.0 Å². The van der Waals surface area contributed by atoms with E-state index in [1.807, 2.05) is 6.92 Å². The maximum atomic E-state index is 13.4. The van der Waals surface area contributed by atoms with Crippen LogP contribution < -0.4 is 0 Å². The van der Waals surface area contributed by atoms with Crippen molar-refractivity contribution < 1.29 is 18.0 Å². The lowest BCUT2D eigenvalue weighted by Gasteiger charge is -2.18. The van der Waals surface area contributed by atoms with Gasteiger partial charge in [-0.15, -0.1) is 0 Å². The van der Waals surface area contributed by atoms with Crippen molar-refractivity contribution in [2.45, 2.75) is 25.9 Å². The maximum absolute atomic E-state index is 13.4. The number of unbranched alkanes of at least 4 members (excludes halogenated alkanes) is 1. The third kappa shape index (κ3) is 3.69. The summed E-state index contributed by atoms with van der Waals surface area (Å²) in [4.78, 5) is 17.5. The molecule has 5 nitrogen and oxygen atoms in total. The first-order valence-electron chi connectivity index (χ1n) is 7.18. The molecule has 2 aromatic heterocycles. The molecule has 0 saturated carbocycles. The zero-order chi connectivity index (χ0) is 17.0. The summed E-state index contributed by atoms with van der Waals surface area (Å²) in [5, 5.41) is 3.72. The molecule has 23 heavy (non-hydrogen) atoms. The van der Waals surface area contributed by atoms with Crippen molar-refractivity contribution in [3.8, 4) is 5.82 Å². The van der Waals surface area contributed by atoms with Crippen LogP contribution >= 0.6 is 0 Å². The fourth-order valence-electron chi connectivity index (χ4n) is 2.13. The number of rotatable bonds is 5. The fraction of sp³-hybridized carbons (Fsp3) is 0.400. The second-order valence-electron chi connectivity index (χ2n) is 5.08. The number of carbonyl (C=O) groups is 1. The van der Waals surface area contributed by atoms with Crippen LogP contribution in [-0.2, 0) is 6.18 Å². The molecule has 0 fully saturated rings. The average Bonchev–Trinajstić information content (AvgIpc) is 2.97. The van der Waals surface area contributed by atoms with E-state index in [1.165, 1.54) is 24.2 Å². The smallest absolute Gasteiger partial charge is 0.342 e. The summed E-state index contributed by atoms with van der Waals surface area (Å²) >= 11 is 0. The highest BCUT2D eigenvalue weighted by atomic mass is 19.4. The maximum Gasteiger partial charge on any atom is 0.434 e. The van der Waals surface area contributed by atoms with Crippen molar-refractivity contribution >= 4 is 5.91 Å². The molecule has 0 aliphatic rings. The molecule has 0 unspecified atom stereocenters. The fourth-order valence-corrected chi connectivity index (χ4v) is 2.13. The molecular formula is C15H17F3N4O. The van der Waals surface area contributed by atoms with E-state index in [0.29, 0.717) is 11.2 Å². The molecule has 0 aliphatic heterocycles. The molecule has 0 bridgehead atoms. The molecule has 2 rings (SSSR count). The van der Waals surface area contributed by atoms with Crippen molar-refractivity contribution in [1.82, 2.24) is 19.7 Å². The number of carbonyl (C=O) groups excluding carboxylic acids is 1. The van der Waals surface area contributed by atoms with Gasteiger partial charge < -0.3 is 4.90 Å². The Kier molecular flexibility index (Phi) is 5.02. The van der Waals surface area contributed by atoms with Gasteiger partial charge in [0, 0.05) is 19.8 Å². The van der Waals surface area contributed by atoms with Gasteiger partial charge >= 0.3 is 6.18 Å². The van der Waals surface area contributed by atoms with Gasteiger partial charge in [0.1, 0.15) is 0 Å². The Balaban J connectivity index is 2.46. The number of nitrogens with zero attached hydrogens (tertiary/aromatic N) is 4. The number of hydrogen-bond donors (Lipinski definition) is 0. The van der Waals surface area contributed by atoms with E-state index in [0.717, 1.165) is 19.0 Å². The second-order valence-corrected chi connectivity index (χ2v) is 5.08. The molecule has 0 radical (unpaired) electrons. The molecule has 2 heterocycles. The minimum atomic E-state index is -4.72. The van der Waals surface area contributed by atoms with E-state index >= 15 is 0 Å². The third-order valence-corrected chi connectivity index (χ3v) is 3.33. The van der Waals surface area contributed by atoms with Crippen molar-refractivity contribution in [2.75, 3.05) is 13.6 Å². The van der Waals surface area contributed by atoms with Crippen LogP contribution in [-0.4, -0.2) is 39.2 Å². The summed E-state index contributed by atoms with van der Waals surface area (Å²) in [5.74, 6) is -0.692. The van der Waals surface area contributed by atoms with Gasteiger partial charge in [-0.1, -0.05) is 19.4 Å². The number of hydrogen-bond acceptors (Lipinski definition) is 3. The highest BCUT2D eigenvalue weighted by Gasteiger charge is 2.41. The Hall–Kier alpha value is -2.38. The monoisotopic (exact) mass is 326 g/mol. The van der Waals surface area contributed by atoms with Crippen LogP contribution in [0.2, 0.25) is 0 Å². The summed E-state index contributed by atoms with van der Waals surface area (Å²) in [7, 11) is 1.48. The Labute approximate surface area is 131 Å². The van der Waals surface area contributed by atoms with Crippen molar-refractivity contribution in [3.05, 3.63) is 41.9 Å². The molecule has 0 spiro atoms. The molecule has 0 atom stereocenters. The first kappa shape index (κ1) is 17.0. The molecule has 8 heteroatoms. The Morgan fingerprint density at radius 1 is 1.35 bits per heavy atom. The lowest BCUT2D eigenvalue weighted by Crippen LogP contribution is -2.30. The van der Waals surface area contributed by atoms with Gasteiger partial charge in [0.05, 0.1) is 11.8 Å². The first-order valence-corrected chi connectivity index (χ1v) is 7.18. The van der Waals surface area contributed by atoms with Crippen LogP contribution in [0.15, 0.2) is 30.6 Å². The zero-order valence-corrected chi connectivity index (χ0v) is 12.8. The topological polar surface area (TPSA) is 51.0 Å². The molecule has 0 aliphatic carbocycles. The quantitative estimate of drug-likeness (QED) is 0.848. The van der Waals surface area contributed by atoms with Gasteiger partial charge in [-0.05, 0) is 18.6 Å². The summed E-state index contributed by atoms with van der Waals surface area (Å²) in [6, 6.07) is 4.54. The SMILES string of the molecule is CCCCN(C)C(=O)c1cnn(-c2ccccn2)c1C(F)(F)F. The Morgan fingerprint density at radius 3 is 2.65 bits per heavy atom. The predicted molar refractivity (Wildman–Crippen MR) is 78.2 cm³/mol. The molecule has 124 valence electrons. The molecule has 2 aromatic rings. The Bertz CT molecular complexity index is 667. The summed E-state index contributed by atoms with van der Waals surface area (Å²) in [6.45, 7) is 2.33. The van der Waals surface area contributed by atoms with Crippen LogP contribution in [0.25, 0.3) is 5.82 Å². The average molecular weight is 326 g/mol. The Morgan fingerprint density at radius 2 is 2.09 bits per heavy atom. The molecule has 0 saturated heterocycles. The number of amides is 1. The largest absolute Gasteiger partial charge is 0.434 e. The zero-order valence-electron chi connectivity index (χ0n) is 12.8. The van der Waals surface area contributed by atoms with E-state index in [-0.39, 0.29) is 5.82 Å². The number of aromatic nitrogens is 3. The minimum Gasteiger partial charge on any atom is -0.342 e. The van der Waals surface area contributed by atoms with Crippen LogP contribution in [0.1, 0.15) is 35.8 Å². The minimum absolute atomic E-state index is 0.00934. The standard InChI is InChI=1S/C15H17F3N4O/c1-3-4-9-21(2)14(23)11-10-20-22(13(11)15(16,17)18)12-7-5-6-8-19-12/h5-8,10H,3-4,9H2,1-2H3. The van der Waals surface area contributed by atoms with Crippen LogP contribution in [0.5, 0.6) is 0 Å². The first-order chi connectivity index (χ1) is 10.9.